The molecule has 1 aromatic carbocycles. The number of nitrogens with two attached hydrogens (primary N) is 1. The molecule has 0 saturated carbocycles. The Labute approximate surface area is 91.9 Å². The number of rotatable bonds is 3. The number of hydrogen-bond acceptors (Lipinski definition) is 2. The summed E-state index contributed by atoms with van der Waals surface area (Å²) in [5.74, 6) is -3.11. The zero-order valence-corrected chi connectivity index (χ0v) is 9.00. The van der Waals surface area contributed by atoms with E-state index in [9.17, 15) is 13.6 Å². The van der Waals surface area contributed by atoms with Crippen molar-refractivity contribution >= 4 is 5.97 Å². The lowest BCUT2D eigenvalue weighted by Gasteiger charge is -2.27. The quantitative estimate of drug-likeness (QED) is 0.834. The van der Waals surface area contributed by atoms with Crippen molar-refractivity contribution in [2.45, 2.75) is 19.9 Å². The van der Waals surface area contributed by atoms with Crippen molar-refractivity contribution in [1.29, 1.82) is 0 Å². The third-order valence-corrected chi connectivity index (χ3v) is 2.63. The molecule has 0 radical (unpaired) electrons. The first-order valence-corrected chi connectivity index (χ1v) is 4.70. The Balaban J connectivity index is 3.10. The van der Waals surface area contributed by atoms with Crippen molar-refractivity contribution in [3.05, 3.63) is 35.4 Å². The average molecular weight is 229 g/mol. The molecule has 0 aliphatic rings. The van der Waals surface area contributed by atoms with Crippen LogP contribution in [0.5, 0.6) is 0 Å². The van der Waals surface area contributed by atoms with Crippen LogP contribution in [0.2, 0.25) is 0 Å². The van der Waals surface area contributed by atoms with Crippen LogP contribution in [0.25, 0.3) is 0 Å². The van der Waals surface area contributed by atoms with E-state index in [1.54, 1.807) is 0 Å². The minimum Gasteiger partial charge on any atom is -0.481 e. The van der Waals surface area contributed by atoms with Gasteiger partial charge in [-0.3, -0.25) is 4.79 Å². The Hall–Kier alpha value is -1.49. The van der Waals surface area contributed by atoms with Crippen LogP contribution in [0.15, 0.2) is 18.2 Å². The van der Waals surface area contributed by atoms with Crippen molar-refractivity contribution in [2.24, 2.45) is 11.1 Å². The number of hydrogen-bond donors (Lipinski definition) is 2. The first-order valence-electron chi connectivity index (χ1n) is 4.70. The highest BCUT2D eigenvalue weighted by Crippen LogP contribution is 2.31. The zero-order chi connectivity index (χ0) is 12.5. The molecule has 0 aliphatic carbocycles. The molecule has 0 bridgehead atoms. The van der Waals surface area contributed by atoms with Crippen molar-refractivity contribution in [2.75, 3.05) is 0 Å². The fourth-order valence-electron chi connectivity index (χ4n) is 1.26. The van der Waals surface area contributed by atoms with Gasteiger partial charge in [0, 0.05) is 6.04 Å². The van der Waals surface area contributed by atoms with Gasteiger partial charge in [0.2, 0.25) is 0 Å². The first-order chi connectivity index (χ1) is 7.26. The first kappa shape index (κ1) is 12.6. The summed E-state index contributed by atoms with van der Waals surface area (Å²) in [4.78, 5) is 10.9. The number of aliphatic carboxylic acids is 1. The van der Waals surface area contributed by atoms with Gasteiger partial charge < -0.3 is 10.8 Å². The Morgan fingerprint density at radius 2 is 1.94 bits per heavy atom. The van der Waals surface area contributed by atoms with E-state index in [1.165, 1.54) is 19.9 Å². The van der Waals surface area contributed by atoms with Crippen LogP contribution in [0.4, 0.5) is 8.78 Å². The number of halogens is 2. The fourth-order valence-corrected chi connectivity index (χ4v) is 1.26. The standard InChI is InChI=1S/C11H13F2NO2/c1-11(2,10(15)16)9(14)6-3-4-7(12)8(13)5-6/h3-5,9H,14H2,1-2H3,(H,15,16). The van der Waals surface area contributed by atoms with E-state index in [0.717, 1.165) is 12.1 Å². The SMILES string of the molecule is CC(C)(C(=O)O)C(N)c1ccc(F)c(F)c1. The third-order valence-electron chi connectivity index (χ3n) is 2.63. The van der Waals surface area contributed by atoms with E-state index in [2.05, 4.69) is 0 Å². The minimum atomic E-state index is -1.25. The second-order valence-corrected chi connectivity index (χ2v) is 4.18. The molecule has 1 atom stereocenters. The van der Waals surface area contributed by atoms with Gasteiger partial charge in [0.1, 0.15) is 0 Å². The molecule has 1 rings (SSSR count). The van der Waals surface area contributed by atoms with Crippen LogP contribution in [0.3, 0.4) is 0 Å². The molecule has 0 fully saturated rings. The maximum Gasteiger partial charge on any atom is 0.311 e. The maximum absolute atomic E-state index is 13.0. The lowest BCUT2D eigenvalue weighted by atomic mass is 9.81. The molecule has 3 nitrogen and oxygen atoms in total. The summed E-state index contributed by atoms with van der Waals surface area (Å²) in [5, 5.41) is 8.95. The van der Waals surface area contributed by atoms with E-state index in [0.29, 0.717) is 0 Å². The van der Waals surface area contributed by atoms with Crippen LogP contribution in [0.1, 0.15) is 25.5 Å². The third kappa shape index (κ3) is 2.19. The van der Waals surface area contributed by atoms with Gasteiger partial charge in [-0.25, -0.2) is 8.78 Å². The summed E-state index contributed by atoms with van der Waals surface area (Å²) in [5.41, 5.74) is 4.73. The molecule has 0 aliphatic heterocycles. The molecule has 1 unspecified atom stereocenters. The number of benzene rings is 1. The molecular formula is C11H13F2NO2. The van der Waals surface area contributed by atoms with Crippen molar-refractivity contribution in [1.82, 2.24) is 0 Å². The summed E-state index contributed by atoms with van der Waals surface area (Å²) < 4.78 is 25.6. The topological polar surface area (TPSA) is 63.3 Å². The van der Waals surface area contributed by atoms with Crippen LogP contribution in [0, 0.1) is 17.0 Å². The Bertz CT molecular complexity index is 418. The van der Waals surface area contributed by atoms with Crippen molar-refractivity contribution in [3.63, 3.8) is 0 Å². The van der Waals surface area contributed by atoms with E-state index in [4.69, 9.17) is 10.8 Å². The van der Waals surface area contributed by atoms with Gasteiger partial charge in [-0.1, -0.05) is 6.07 Å². The number of carboxylic acid groups (broad SMARTS) is 1. The molecule has 3 N–H and O–H groups in total. The summed E-state index contributed by atoms with van der Waals surface area (Å²) in [6.45, 7) is 2.86. The molecular weight excluding hydrogens is 216 g/mol. The lowest BCUT2D eigenvalue weighted by molar-refractivity contribution is -0.148. The van der Waals surface area contributed by atoms with Gasteiger partial charge in [-0.05, 0) is 31.5 Å². The second-order valence-electron chi connectivity index (χ2n) is 4.18. The van der Waals surface area contributed by atoms with Crippen molar-refractivity contribution < 1.29 is 18.7 Å². The van der Waals surface area contributed by atoms with Gasteiger partial charge in [0.25, 0.3) is 0 Å². The molecule has 1 aromatic rings. The van der Waals surface area contributed by atoms with Crippen molar-refractivity contribution in [3.8, 4) is 0 Å². The van der Waals surface area contributed by atoms with E-state index < -0.39 is 29.1 Å². The maximum atomic E-state index is 13.0. The predicted molar refractivity (Wildman–Crippen MR) is 54.7 cm³/mol. The van der Waals surface area contributed by atoms with Crippen LogP contribution in [-0.4, -0.2) is 11.1 Å². The van der Waals surface area contributed by atoms with Crippen LogP contribution < -0.4 is 5.73 Å². The fraction of sp³-hybridized carbons (Fsp3) is 0.364. The van der Waals surface area contributed by atoms with Gasteiger partial charge >= 0.3 is 5.97 Å². The molecule has 0 heterocycles. The molecule has 0 amide bonds. The highest BCUT2D eigenvalue weighted by atomic mass is 19.2. The van der Waals surface area contributed by atoms with Gasteiger partial charge in [-0.15, -0.1) is 0 Å². The highest BCUT2D eigenvalue weighted by Gasteiger charge is 2.35. The van der Waals surface area contributed by atoms with Gasteiger partial charge in [0.15, 0.2) is 11.6 Å². The van der Waals surface area contributed by atoms with Crippen LogP contribution in [-0.2, 0) is 4.79 Å². The monoisotopic (exact) mass is 229 g/mol. The summed E-state index contributed by atoms with van der Waals surface area (Å²) >= 11 is 0. The van der Waals surface area contributed by atoms with Crippen LogP contribution >= 0.6 is 0 Å². The zero-order valence-electron chi connectivity index (χ0n) is 9.00. The van der Waals surface area contributed by atoms with E-state index >= 15 is 0 Å². The van der Waals surface area contributed by atoms with Gasteiger partial charge in [0.05, 0.1) is 5.41 Å². The lowest BCUT2D eigenvalue weighted by Crippen LogP contribution is -2.36. The molecule has 88 valence electrons. The number of carboxylic acids is 1. The Morgan fingerprint density at radius 1 is 1.38 bits per heavy atom. The Morgan fingerprint density at radius 3 is 2.38 bits per heavy atom. The second kappa shape index (κ2) is 4.17. The minimum absolute atomic E-state index is 0.256. The Kier molecular flexibility index (Phi) is 3.28. The summed E-state index contributed by atoms with van der Waals surface area (Å²) in [6.07, 6.45) is 0. The molecule has 0 saturated heterocycles. The normalized spacial score (nSPS) is 13.6. The van der Waals surface area contributed by atoms with E-state index in [1.807, 2.05) is 0 Å². The predicted octanol–water partition coefficient (Wildman–Crippen LogP) is 2.08. The smallest absolute Gasteiger partial charge is 0.311 e. The molecule has 5 heteroatoms. The molecule has 0 spiro atoms. The molecule has 16 heavy (non-hydrogen) atoms. The average Bonchev–Trinajstić information content (AvgIpc) is 2.20. The summed E-state index contributed by atoms with van der Waals surface area (Å²) in [6, 6.07) is 2.24. The highest BCUT2D eigenvalue weighted by molar-refractivity contribution is 5.75. The summed E-state index contributed by atoms with van der Waals surface area (Å²) in [7, 11) is 0. The van der Waals surface area contributed by atoms with Gasteiger partial charge in [-0.2, -0.15) is 0 Å². The number of carbonyl (C=O) groups is 1. The molecule has 0 aromatic heterocycles. The van der Waals surface area contributed by atoms with E-state index in [-0.39, 0.29) is 5.56 Å². The largest absolute Gasteiger partial charge is 0.481 e.